The van der Waals surface area contributed by atoms with E-state index in [9.17, 15) is 9.18 Å². The fourth-order valence-electron chi connectivity index (χ4n) is 2.80. The molecule has 6 nitrogen and oxygen atoms in total. The van der Waals surface area contributed by atoms with Gasteiger partial charge < -0.3 is 14.4 Å². The van der Waals surface area contributed by atoms with Gasteiger partial charge >= 0.3 is 0 Å². The summed E-state index contributed by atoms with van der Waals surface area (Å²) in [5, 5.41) is 7.44. The molecule has 0 bridgehead atoms. The minimum atomic E-state index is -0.311. The van der Waals surface area contributed by atoms with Crippen molar-refractivity contribution in [2.24, 2.45) is 0 Å². The van der Waals surface area contributed by atoms with Crippen molar-refractivity contribution in [1.29, 1.82) is 0 Å². The first-order chi connectivity index (χ1) is 14.1. The van der Waals surface area contributed by atoms with Gasteiger partial charge in [0.25, 0.3) is 5.89 Å². The number of carbonyl (C=O) groups excluding carboxylic acids is 1. The van der Waals surface area contributed by atoms with Crippen molar-refractivity contribution in [2.45, 2.75) is 13.1 Å². The van der Waals surface area contributed by atoms with Gasteiger partial charge in [-0.2, -0.15) is 4.98 Å². The van der Waals surface area contributed by atoms with Crippen molar-refractivity contribution in [3.05, 3.63) is 83.3 Å². The molecule has 1 N–H and O–H groups in total. The third-order valence-electron chi connectivity index (χ3n) is 4.29. The van der Waals surface area contributed by atoms with Crippen LogP contribution in [0.2, 0.25) is 5.02 Å². The molecule has 0 radical (unpaired) electrons. The number of carbonyl (C=O) groups is 1. The highest BCUT2D eigenvalue weighted by Gasteiger charge is 2.15. The normalized spacial score (nSPS) is 10.8. The SMILES string of the molecule is O=C(Cn1cccc1-c1nc(-c2ccc(Cl)cc2)no1)NCc1ccc(F)cc1. The number of hydrogen-bond donors (Lipinski definition) is 1. The van der Waals surface area contributed by atoms with Crippen LogP contribution in [0.3, 0.4) is 0 Å². The molecule has 0 aliphatic rings. The number of halogens is 2. The Kier molecular flexibility index (Phi) is 5.39. The Balaban J connectivity index is 1.44. The lowest BCUT2D eigenvalue weighted by molar-refractivity contribution is -0.121. The van der Waals surface area contributed by atoms with Gasteiger partial charge in [0.1, 0.15) is 18.1 Å². The monoisotopic (exact) mass is 410 g/mol. The molecule has 0 fully saturated rings. The van der Waals surface area contributed by atoms with Crippen LogP contribution in [0.5, 0.6) is 0 Å². The summed E-state index contributed by atoms with van der Waals surface area (Å²) in [7, 11) is 0. The summed E-state index contributed by atoms with van der Waals surface area (Å²) in [6.07, 6.45) is 1.76. The minimum Gasteiger partial charge on any atom is -0.350 e. The second-order valence-electron chi connectivity index (χ2n) is 6.35. The van der Waals surface area contributed by atoms with Crippen LogP contribution >= 0.6 is 11.6 Å². The molecule has 0 saturated carbocycles. The summed E-state index contributed by atoms with van der Waals surface area (Å²) in [4.78, 5) is 16.7. The lowest BCUT2D eigenvalue weighted by Gasteiger charge is -2.08. The standard InChI is InChI=1S/C21H16ClFN4O2/c22-16-7-5-15(6-8-16)20-25-21(29-26-20)18-2-1-11-27(18)13-19(28)24-12-14-3-9-17(23)10-4-14/h1-11H,12-13H2,(H,24,28). The number of hydrogen-bond acceptors (Lipinski definition) is 4. The van der Waals surface area contributed by atoms with E-state index in [0.717, 1.165) is 11.1 Å². The average molecular weight is 411 g/mol. The maximum absolute atomic E-state index is 13.0. The van der Waals surface area contributed by atoms with Gasteiger partial charge in [0, 0.05) is 23.3 Å². The van der Waals surface area contributed by atoms with Gasteiger partial charge in [-0.3, -0.25) is 4.79 Å². The van der Waals surface area contributed by atoms with Crippen LogP contribution in [0.4, 0.5) is 4.39 Å². The Morgan fingerprint density at radius 2 is 1.86 bits per heavy atom. The molecule has 0 atom stereocenters. The maximum atomic E-state index is 13.0. The number of benzene rings is 2. The van der Waals surface area contributed by atoms with E-state index in [1.165, 1.54) is 12.1 Å². The average Bonchev–Trinajstić information content (AvgIpc) is 3.37. The summed E-state index contributed by atoms with van der Waals surface area (Å²) in [6, 6.07) is 16.7. The number of nitrogens with one attached hydrogen (secondary N) is 1. The number of aromatic nitrogens is 3. The number of nitrogens with zero attached hydrogens (tertiary/aromatic N) is 3. The Morgan fingerprint density at radius 3 is 2.62 bits per heavy atom. The van der Waals surface area contributed by atoms with Gasteiger partial charge in [-0.25, -0.2) is 4.39 Å². The fraction of sp³-hybridized carbons (Fsp3) is 0.0952. The molecule has 0 aliphatic carbocycles. The smallest absolute Gasteiger partial charge is 0.274 e. The summed E-state index contributed by atoms with van der Waals surface area (Å²) >= 11 is 5.90. The fourth-order valence-corrected chi connectivity index (χ4v) is 2.93. The van der Waals surface area contributed by atoms with Crippen molar-refractivity contribution in [3.8, 4) is 23.0 Å². The second-order valence-corrected chi connectivity index (χ2v) is 6.79. The lowest BCUT2D eigenvalue weighted by Crippen LogP contribution is -2.27. The highest BCUT2D eigenvalue weighted by molar-refractivity contribution is 6.30. The third kappa shape index (κ3) is 4.52. The van der Waals surface area contributed by atoms with E-state index < -0.39 is 0 Å². The zero-order chi connectivity index (χ0) is 20.2. The largest absolute Gasteiger partial charge is 0.350 e. The Labute approximate surface area is 170 Å². The molecule has 146 valence electrons. The first-order valence-corrected chi connectivity index (χ1v) is 9.22. The third-order valence-corrected chi connectivity index (χ3v) is 4.55. The Hall–Kier alpha value is -3.45. The molecular weight excluding hydrogens is 395 g/mol. The van der Waals surface area contributed by atoms with E-state index in [2.05, 4.69) is 15.5 Å². The molecule has 2 heterocycles. The molecule has 4 aromatic rings. The number of rotatable bonds is 6. The minimum absolute atomic E-state index is 0.0855. The van der Waals surface area contributed by atoms with E-state index in [0.29, 0.717) is 29.0 Å². The molecular formula is C21H16ClFN4O2. The van der Waals surface area contributed by atoms with Crippen LogP contribution in [0, 0.1) is 5.82 Å². The molecule has 2 aromatic heterocycles. The van der Waals surface area contributed by atoms with Crippen LogP contribution in [0.15, 0.2) is 71.4 Å². The van der Waals surface area contributed by atoms with Crippen molar-refractivity contribution < 1.29 is 13.7 Å². The lowest BCUT2D eigenvalue weighted by atomic mass is 10.2. The first kappa shape index (κ1) is 18.9. The zero-order valence-corrected chi connectivity index (χ0v) is 15.9. The molecule has 4 rings (SSSR count). The van der Waals surface area contributed by atoms with Gasteiger partial charge in [-0.15, -0.1) is 0 Å². The quantitative estimate of drug-likeness (QED) is 0.514. The molecule has 0 unspecified atom stereocenters. The maximum Gasteiger partial charge on any atom is 0.274 e. The van der Waals surface area contributed by atoms with Crippen molar-refractivity contribution in [3.63, 3.8) is 0 Å². The van der Waals surface area contributed by atoms with Gasteiger partial charge in [0.05, 0.1) is 0 Å². The van der Waals surface area contributed by atoms with Crippen LogP contribution in [0.1, 0.15) is 5.56 Å². The van der Waals surface area contributed by atoms with Gasteiger partial charge in [-0.05, 0) is 54.1 Å². The zero-order valence-electron chi connectivity index (χ0n) is 15.2. The van der Waals surface area contributed by atoms with Crippen LogP contribution in [-0.2, 0) is 17.9 Å². The van der Waals surface area contributed by atoms with Crippen molar-refractivity contribution in [2.75, 3.05) is 0 Å². The number of amides is 1. The van der Waals surface area contributed by atoms with Crippen molar-refractivity contribution in [1.82, 2.24) is 20.0 Å². The van der Waals surface area contributed by atoms with Crippen LogP contribution in [-0.4, -0.2) is 20.6 Å². The van der Waals surface area contributed by atoms with E-state index >= 15 is 0 Å². The summed E-state index contributed by atoms with van der Waals surface area (Å²) in [5.41, 5.74) is 2.23. The summed E-state index contributed by atoms with van der Waals surface area (Å²) < 4.78 is 20.1. The predicted molar refractivity (Wildman–Crippen MR) is 106 cm³/mol. The molecule has 0 saturated heterocycles. The van der Waals surface area contributed by atoms with Gasteiger partial charge in [-0.1, -0.05) is 28.9 Å². The highest BCUT2D eigenvalue weighted by atomic mass is 35.5. The van der Waals surface area contributed by atoms with E-state index in [1.807, 2.05) is 0 Å². The summed E-state index contributed by atoms with van der Waals surface area (Å²) in [6.45, 7) is 0.402. The van der Waals surface area contributed by atoms with Crippen molar-refractivity contribution >= 4 is 17.5 Å². The van der Waals surface area contributed by atoms with E-state index in [-0.39, 0.29) is 18.3 Å². The van der Waals surface area contributed by atoms with E-state index in [4.69, 9.17) is 16.1 Å². The molecule has 1 amide bonds. The van der Waals surface area contributed by atoms with Crippen LogP contribution < -0.4 is 5.32 Å². The first-order valence-electron chi connectivity index (χ1n) is 8.85. The molecule has 8 heteroatoms. The van der Waals surface area contributed by atoms with E-state index in [1.54, 1.807) is 59.3 Å². The molecule has 2 aromatic carbocycles. The Morgan fingerprint density at radius 1 is 1.10 bits per heavy atom. The van der Waals surface area contributed by atoms with Gasteiger partial charge in [0.2, 0.25) is 11.7 Å². The second kappa shape index (κ2) is 8.28. The van der Waals surface area contributed by atoms with Gasteiger partial charge in [0.15, 0.2) is 0 Å². The molecule has 0 aliphatic heterocycles. The summed E-state index contributed by atoms with van der Waals surface area (Å²) in [5.74, 6) is 0.246. The predicted octanol–water partition coefficient (Wildman–Crippen LogP) is 4.31. The van der Waals surface area contributed by atoms with Crippen LogP contribution in [0.25, 0.3) is 23.0 Å². The molecule has 29 heavy (non-hydrogen) atoms. The Bertz CT molecular complexity index is 1120. The topological polar surface area (TPSA) is 73.0 Å². The molecule has 0 spiro atoms. The highest BCUT2D eigenvalue weighted by Crippen LogP contribution is 2.23.